The van der Waals surface area contributed by atoms with Gasteiger partial charge in [0.1, 0.15) is 5.75 Å². The minimum absolute atomic E-state index is 0.0875. The zero-order valence-electron chi connectivity index (χ0n) is 12.2. The van der Waals surface area contributed by atoms with Gasteiger partial charge in [0.2, 0.25) is 11.7 Å². The third-order valence-electron chi connectivity index (χ3n) is 3.14. The molecule has 0 saturated heterocycles. The van der Waals surface area contributed by atoms with E-state index in [4.69, 9.17) is 38.2 Å². The Hall–Kier alpha value is -2.57. The molecule has 0 fully saturated rings. The SMILES string of the molecule is NC(=O)c1ccc(-c2nc(COc3ccc(Cl)cc3Cl)no2)cc1. The second-order valence-electron chi connectivity index (χ2n) is 4.82. The van der Waals surface area contributed by atoms with E-state index in [0.717, 1.165) is 0 Å². The van der Waals surface area contributed by atoms with Crippen molar-refractivity contribution in [1.82, 2.24) is 10.1 Å². The summed E-state index contributed by atoms with van der Waals surface area (Å²) in [5, 5.41) is 4.76. The molecule has 24 heavy (non-hydrogen) atoms. The lowest BCUT2D eigenvalue weighted by Gasteiger charge is -2.05. The molecule has 0 bridgehead atoms. The molecule has 1 aromatic heterocycles. The van der Waals surface area contributed by atoms with Crippen LogP contribution in [0.2, 0.25) is 10.0 Å². The summed E-state index contributed by atoms with van der Waals surface area (Å²) >= 11 is 11.9. The largest absolute Gasteiger partial charge is 0.484 e. The highest BCUT2D eigenvalue weighted by atomic mass is 35.5. The van der Waals surface area contributed by atoms with Crippen LogP contribution in [0.1, 0.15) is 16.2 Å². The molecule has 0 aliphatic carbocycles. The standard InChI is InChI=1S/C16H11Cl2N3O3/c17-11-5-6-13(12(18)7-11)23-8-14-20-16(24-21-14)10-3-1-9(2-4-10)15(19)22/h1-7H,8H2,(H2,19,22). The number of nitrogens with two attached hydrogens (primary N) is 1. The highest BCUT2D eigenvalue weighted by Crippen LogP contribution is 2.28. The first-order valence-corrected chi connectivity index (χ1v) is 7.59. The first-order chi connectivity index (χ1) is 11.5. The van der Waals surface area contributed by atoms with Crippen LogP contribution in [0.4, 0.5) is 0 Å². The fourth-order valence-corrected chi connectivity index (χ4v) is 2.40. The minimum atomic E-state index is -0.499. The molecule has 0 atom stereocenters. The van der Waals surface area contributed by atoms with Crippen LogP contribution in [-0.2, 0) is 6.61 Å². The maximum absolute atomic E-state index is 11.1. The summed E-state index contributed by atoms with van der Waals surface area (Å²) in [7, 11) is 0. The molecule has 3 rings (SSSR count). The van der Waals surface area contributed by atoms with Gasteiger partial charge in [-0.25, -0.2) is 0 Å². The van der Waals surface area contributed by atoms with E-state index in [1.165, 1.54) is 0 Å². The number of hydrogen-bond donors (Lipinski definition) is 1. The summed E-state index contributed by atoms with van der Waals surface area (Å²) in [5.41, 5.74) is 6.27. The summed E-state index contributed by atoms with van der Waals surface area (Å²) < 4.78 is 10.7. The molecular weight excluding hydrogens is 353 g/mol. The molecule has 3 aromatic rings. The van der Waals surface area contributed by atoms with Crippen LogP contribution in [0.25, 0.3) is 11.5 Å². The molecule has 122 valence electrons. The van der Waals surface area contributed by atoms with Crippen LogP contribution in [0.3, 0.4) is 0 Å². The Morgan fingerprint density at radius 3 is 2.58 bits per heavy atom. The Morgan fingerprint density at radius 1 is 1.17 bits per heavy atom. The van der Waals surface area contributed by atoms with Crippen LogP contribution in [0.5, 0.6) is 5.75 Å². The van der Waals surface area contributed by atoms with E-state index in [0.29, 0.717) is 38.6 Å². The van der Waals surface area contributed by atoms with Gasteiger partial charge in [-0.1, -0.05) is 28.4 Å². The first-order valence-electron chi connectivity index (χ1n) is 6.83. The average molecular weight is 364 g/mol. The van der Waals surface area contributed by atoms with Crippen molar-refractivity contribution in [2.75, 3.05) is 0 Å². The number of primary amides is 1. The van der Waals surface area contributed by atoms with Gasteiger partial charge in [-0.2, -0.15) is 4.98 Å². The summed E-state index contributed by atoms with van der Waals surface area (Å²) in [6.45, 7) is 0.0875. The van der Waals surface area contributed by atoms with Crippen LogP contribution in [0.15, 0.2) is 47.0 Å². The van der Waals surface area contributed by atoms with E-state index in [9.17, 15) is 4.79 Å². The van der Waals surface area contributed by atoms with Gasteiger partial charge >= 0.3 is 0 Å². The smallest absolute Gasteiger partial charge is 0.258 e. The van der Waals surface area contributed by atoms with Crippen molar-refractivity contribution in [3.05, 3.63) is 63.9 Å². The van der Waals surface area contributed by atoms with Gasteiger partial charge in [-0.3, -0.25) is 4.79 Å². The quantitative estimate of drug-likeness (QED) is 0.745. The Bertz CT molecular complexity index is 879. The molecule has 2 aromatic carbocycles. The lowest BCUT2D eigenvalue weighted by molar-refractivity contribution is 0.100. The van der Waals surface area contributed by atoms with Crippen molar-refractivity contribution >= 4 is 29.1 Å². The van der Waals surface area contributed by atoms with Gasteiger partial charge in [0.05, 0.1) is 5.02 Å². The third kappa shape index (κ3) is 3.67. The van der Waals surface area contributed by atoms with E-state index in [1.807, 2.05) is 0 Å². The number of amides is 1. The predicted octanol–water partition coefficient (Wildman–Crippen LogP) is 3.72. The maximum atomic E-state index is 11.1. The molecule has 0 spiro atoms. The molecule has 1 amide bonds. The van der Waals surface area contributed by atoms with Crippen molar-refractivity contribution in [3.63, 3.8) is 0 Å². The van der Waals surface area contributed by atoms with Gasteiger partial charge < -0.3 is 15.0 Å². The lowest BCUT2D eigenvalue weighted by atomic mass is 10.1. The number of carbonyl (C=O) groups excluding carboxylic acids is 1. The monoisotopic (exact) mass is 363 g/mol. The zero-order valence-corrected chi connectivity index (χ0v) is 13.7. The van der Waals surface area contributed by atoms with E-state index in [-0.39, 0.29) is 6.61 Å². The Balaban J connectivity index is 1.70. The number of rotatable bonds is 5. The molecule has 0 aliphatic heterocycles. The molecule has 0 radical (unpaired) electrons. The second-order valence-corrected chi connectivity index (χ2v) is 5.66. The van der Waals surface area contributed by atoms with Crippen molar-refractivity contribution in [3.8, 4) is 17.2 Å². The molecule has 2 N–H and O–H groups in total. The summed E-state index contributed by atoms with van der Waals surface area (Å²) in [4.78, 5) is 15.3. The summed E-state index contributed by atoms with van der Waals surface area (Å²) in [5.74, 6) is 0.640. The molecule has 0 unspecified atom stereocenters. The summed E-state index contributed by atoms with van der Waals surface area (Å²) in [6, 6.07) is 11.4. The molecule has 1 heterocycles. The van der Waals surface area contributed by atoms with Crippen LogP contribution in [0, 0.1) is 0 Å². The number of hydrogen-bond acceptors (Lipinski definition) is 5. The average Bonchev–Trinajstić information content (AvgIpc) is 3.03. The maximum Gasteiger partial charge on any atom is 0.258 e. The zero-order chi connectivity index (χ0) is 17.1. The van der Waals surface area contributed by atoms with Gasteiger partial charge in [0.15, 0.2) is 6.61 Å². The fraction of sp³-hybridized carbons (Fsp3) is 0.0625. The molecular formula is C16H11Cl2N3O3. The predicted molar refractivity (Wildman–Crippen MR) is 89.0 cm³/mol. The number of nitrogens with zero attached hydrogens (tertiary/aromatic N) is 2. The minimum Gasteiger partial charge on any atom is -0.484 e. The summed E-state index contributed by atoms with van der Waals surface area (Å²) in [6.07, 6.45) is 0. The molecule has 0 saturated carbocycles. The van der Waals surface area contributed by atoms with E-state index in [1.54, 1.807) is 42.5 Å². The normalized spacial score (nSPS) is 10.6. The molecule has 6 nitrogen and oxygen atoms in total. The van der Waals surface area contributed by atoms with Gasteiger partial charge in [0.25, 0.3) is 5.89 Å². The number of aromatic nitrogens is 2. The van der Waals surface area contributed by atoms with E-state index >= 15 is 0 Å². The van der Waals surface area contributed by atoms with E-state index in [2.05, 4.69) is 10.1 Å². The van der Waals surface area contributed by atoms with Crippen LogP contribution >= 0.6 is 23.2 Å². The third-order valence-corrected chi connectivity index (χ3v) is 3.67. The van der Waals surface area contributed by atoms with Crippen LogP contribution < -0.4 is 10.5 Å². The molecule has 8 heteroatoms. The molecule has 0 aliphatic rings. The van der Waals surface area contributed by atoms with Gasteiger partial charge in [0, 0.05) is 16.1 Å². The number of ether oxygens (including phenoxy) is 1. The van der Waals surface area contributed by atoms with Gasteiger partial charge in [-0.15, -0.1) is 0 Å². The highest BCUT2D eigenvalue weighted by Gasteiger charge is 2.11. The lowest BCUT2D eigenvalue weighted by Crippen LogP contribution is -2.10. The Morgan fingerprint density at radius 2 is 1.92 bits per heavy atom. The van der Waals surface area contributed by atoms with Gasteiger partial charge in [-0.05, 0) is 42.5 Å². The van der Waals surface area contributed by atoms with Crippen molar-refractivity contribution < 1.29 is 14.1 Å². The van der Waals surface area contributed by atoms with Crippen LogP contribution in [-0.4, -0.2) is 16.0 Å². The Kier molecular flexibility index (Phi) is 4.69. The van der Waals surface area contributed by atoms with Crippen molar-refractivity contribution in [1.29, 1.82) is 0 Å². The Labute approximate surface area is 147 Å². The first kappa shape index (κ1) is 16.3. The fourth-order valence-electron chi connectivity index (χ4n) is 1.94. The topological polar surface area (TPSA) is 91.2 Å². The van der Waals surface area contributed by atoms with Crippen molar-refractivity contribution in [2.45, 2.75) is 6.61 Å². The number of carbonyl (C=O) groups is 1. The van der Waals surface area contributed by atoms with Crippen molar-refractivity contribution in [2.24, 2.45) is 5.73 Å². The number of benzene rings is 2. The highest BCUT2D eigenvalue weighted by molar-refractivity contribution is 6.35. The second kappa shape index (κ2) is 6.90. The number of halogens is 2. The van der Waals surface area contributed by atoms with E-state index < -0.39 is 5.91 Å².